The molecular formula is C27H24IN3O8. The molecule has 1 saturated heterocycles. The molecule has 39 heavy (non-hydrogen) atoms. The van der Waals surface area contributed by atoms with Gasteiger partial charge < -0.3 is 29.3 Å². The highest BCUT2D eigenvalue weighted by Gasteiger charge is 2.34. The summed E-state index contributed by atoms with van der Waals surface area (Å²) in [5, 5.41) is 5.30. The molecule has 0 bridgehead atoms. The molecule has 0 spiro atoms. The molecule has 2 heterocycles. The Hall–Kier alpha value is -4.33. The fourth-order valence-corrected chi connectivity index (χ4v) is 4.42. The minimum atomic E-state index is -0.664. The zero-order chi connectivity index (χ0) is 27.9. The first-order chi connectivity index (χ1) is 18.8. The average Bonchev–Trinajstić information content (AvgIpc) is 3.49. The van der Waals surface area contributed by atoms with E-state index in [4.69, 9.17) is 13.9 Å². The second kappa shape index (κ2) is 12.5. The van der Waals surface area contributed by atoms with Gasteiger partial charge in [-0.3, -0.25) is 14.5 Å². The monoisotopic (exact) mass is 645 g/mol. The standard InChI is InChI=1S/C27H24IN3O8/c1-3-37-22-13-16(11-19(28)24(22)38-15-23(32)29-17-7-5-4-6-8-17)12-20-25(33)31(27(35)30-20)14-18-9-10-21(39-18)26(34)36-2/h4-13H,3,14-15H2,1-2H3,(H,29,32)(H,30,35)/b20-12-. The van der Waals surface area contributed by atoms with Crippen LogP contribution in [0.25, 0.3) is 6.08 Å². The molecule has 0 radical (unpaired) electrons. The third-order valence-electron chi connectivity index (χ3n) is 5.37. The van der Waals surface area contributed by atoms with E-state index < -0.39 is 17.9 Å². The van der Waals surface area contributed by atoms with Gasteiger partial charge in [0.05, 0.1) is 23.8 Å². The molecule has 1 aromatic heterocycles. The van der Waals surface area contributed by atoms with Gasteiger partial charge in [-0.25, -0.2) is 9.59 Å². The van der Waals surface area contributed by atoms with Crippen LogP contribution in [0.15, 0.2) is 64.7 Å². The summed E-state index contributed by atoms with van der Waals surface area (Å²) in [7, 11) is 1.22. The van der Waals surface area contributed by atoms with E-state index in [1.54, 1.807) is 24.3 Å². The molecule has 1 aliphatic heterocycles. The number of benzene rings is 2. The zero-order valence-electron chi connectivity index (χ0n) is 21.0. The topological polar surface area (TPSA) is 136 Å². The lowest BCUT2D eigenvalue weighted by molar-refractivity contribution is -0.123. The maximum absolute atomic E-state index is 13.0. The van der Waals surface area contributed by atoms with Crippen LogP contribution in [-0.4, -0.2) is 49.0 Å². The predicted molar refractivity (Wildman–Crippen MR) is 148 cm³/mol. The van der Waals surface area contributed by atoms with E-state index >= 15 is 0 Å². The number of imide groups is 1. The fourth-order valence-electron chi connectivity index (χ4n) is 3.64. The van der Waals surface area contributed by atoms with Crippen molar-refractivity contribution in [1.82, 2.24) is 10.2 Å². The van der Waals surface area contributed by atoms with E-state index in [-0.39, 0.29) is 36.3 Å². The Kier molecular flexibility index (Phi) is 8.86. The van der Waals surface area contributed by atoms with Gasteiger partial charge in [0.15, 0.2) is 18.1 Å². The number of nitrogens with zero attached hydrogens (tertiary/aromatic N) is 1. The summed E-state index contributed by atoms with van der Waals surface area (Å²) in [4.78, 5) is 50.3. The van der Waals surface area contributed by atoms with Crippen molar-refractivity contribution in [3.05, 3.63) is 80.9 Å². The summed E-state index contributed by atoms with van der Waals surface area (Å²) < 4.78 is 22.1. The highest BCUT2D eigenvalue weighted by molar-refractivity contribution is 14.1. The van der Waals surface area contributed by atoms with E-state index in [0.717, 1.165) is 4.90 Å². The lowest BCUT2D eigenvalue weighted by atomic mass is 10.1. The number of halogens is 1. The van der Waals surface area contributed by atoms with E-state index in [9.17, 15) is 19.2 Å². The van der Waals surface area contributed by atoms with Crippen molar-refractivity contribution in [2.24, 2.45) is 0 Å². The molecule has 2 aromatic carbocycles. The molecule has 0 saturated carbocycles. The number of furan rings is 1. The van der Waals surface area contributed by atoms with Crippen molar-refractivity contribution in [2.45, 2.75) is 13.5 Å². The number of methoxy groups -OCH3 is 1. The van der Waals surface area contributed by atoms with Crippen molar-refractivity contribution in [1.29, 1.82) is 0 Å². The van der Waals surface area contributed by atoms with Crippen LogP contribution in [-0.2, 0) is 20.9 Å². The molecule has 4 rings (SSSR count). The minimum absolute atomic E-state index is 0.0341. The van der Waals surface area contributed by atoms with Gasteiger partial charge in [-0.15, -0.1) is 0 Å². The molecule has 202 valence electrons. The molecule has 12 heteroatoms. The molecule has 11 nitrogen and oxygen atoms in total. The van der Waals surface area contributed by atoms with Crippen LogP contribution in [0.4, 0.5) is 10.5 Å². The van der Waals surface area contributed by atoms with Crippen LogP contribution in [0.3, 0.4) is 0 Å². The maximum Gasteiger partial charge on any atom is 0.373 e. The number of urea groups is 1. The molecule has 1 aliphatic rings. The SMILES string of the molecule is CCOc1cc(/C=C2\NC(=O)N(Cc3ccc(C(=O)OC)o3)C2=O)cc(I)c1OCC(=O)Nc1ccccc1. The Morgan fingerprint density at radius 3 is 2.59 bits per heavy atom. The smallest absolute Gasteiger partial charge is 0.373 e. The lowest BCUT2D eigenvalue weighted by Crippen LogP contribution is -2.30. The van der Waals surface area contributed by atoms with E-state index in [0.29, 0.717) is 32.9 Å². The first kappa shape index (κ1) is 27.7. The predicted octanol–water partition coefficient (Wildman–Crippen LogP) is 4.18. The number of nitrogens with one attached hydrogen (secondary N) is 2. The van der Waals surface area contributed by atoms with Crippen molar-refractivity contribution in [3.8, 4) is 11.5 Å². The van der Waals surface area contributed by atoms with Crippen LogP contribution in [0.2, 0.25) is 0 Å². The van der Waals surface area contributed by atoms with Crippen LogP contribution >= 0.6 is 22.6 Å². The Balaban J connectivity index is 1.48. The van der Waals surface area contributed by atoms with Gasteiger partial charge in [-0.05, 0) is 77.6 Å². The van der Waals surface area contributed by atoms with Crippen LogP contribution in [0, 0.1) is 3.57 Å². The third kappa shape index (κ3) is 6.76. The molecule has 0 atom stereocenters. The highest BCUT2D eigenvalue weighted by atomic mass is 127. The van der Waals surface area contributed by atoms with Crippen molar-refractivity contribution in [2.75, 3.05) is 25.6 Å². The largest absolute Gasteiger partial charge is 0.490 e. The summed E-state index contributed by atoms with van der Waals surface area (Å²) >= 11 is 2.05. The van der Waals surface area contributed by atoms with Crippen molar-refractivity contribution in [3.63, 3.8) is 0 Å². The van der Waals surface area contributed by atoms with E-state index in [1.165, 1.54) is 25.3 Å². The molecule has 0 unspecified atom stereocenters. The number of amides is 4. The number of para-hydroxylation sites is 1. The number of rotatable bonds is 10. The molecular weight excluding hydrogens is 621 g/mol. The first-order valence-corrected chi connectivity index (χ1v) is 12.8. The van der Waals surface area contributed by atoms with Crippen LogP contribution in [0.1, 0.15) is 28.8 Å². The molecule has 4 amide bonds. The minimum Gasteiger partial charge on any atom is -0.490 e. The third-order valence-corrected chi connectivity index (χ3v) is 6.17. The van der Waals surface area contributed by atoms with Gasteiger partial charge >= 0.3 is 12.0 Å². The maximum atomic E-state index is 13.0. The lowest BCUT2D eigenvalue weighted by Gasteiger charge is -2.15. The van der Waals surface area contributed by atoms with Crippen LogP contribution in [0.5, 0.6) is 11.5 Å². The summed E-state index contributed by atoms with van der Waals surface area (Å²) in [6.07, 6.45) is 1.51. The quantitative estimate of drug-likeness (QED) is 0.145. The molecule has 3 aromatic rings. The molecule has 0 aliphatic carbocycles. The van der Waals surface area contributed by atoms with Gasteiger partial charge in [-0.2, -0.15) is 0 Å². The number of carbonyl (C=O) groups excluding carboxylic acids is 4. The van der Waals surface area contributed by atoms with Crippen molar-refractivity contribution < 1.29 is 37.8 Å². The van der Waals surface area contributed by atoms with Gasteiger partial charge in [-0.1, -0.05) is 18.2 Å². The number of ether oxygens (including phenoxy) is 3. The normalized spacial score (nSPS) is 13.8. The van der Waals surface area contributed by atoms with Crippen molar-refractivity contribution >= 4 is 58.2 Å². The number of hydrogen-bond acceptors (Lipinski definition) is 8. The van der Waals surface area contributed by atoms with E-state index in [2.05, 4.69) is 15.4 Å². The Labute approximate surface area is 237 Å². The first-order valence-electron chi connectivity index (χ1n) is 11.7. The average molecular weight is 645 g/mol. The van der Waals surface area contributed by atoms with E-state index in [1.807, 2.05) is 47.7 Å². The number of esters is 1. The summed E-state index contributed by atoms with van der Waals surface area (Å²) in [6, 6.07) is 14.7. The van der Waals surface area contributed by atoms with Gasteiger partial charge in [0.2, 0.25) is 5.76 Å². The number of carbonyl (C=O) groups is 4. The zero-order valence-corrected chi connectivity index (χ0v) is 23.1. The second-order valence-electron chi connectivity index (χ2n) is 8.10. The summed E-state index contributed by atoms with van der Waals surface area (Å²) in [5.74, 6) is -0.599. The fraction of sp³-hybridized carbons (Fsp3) is 0.185. The number of anilines is 1. The summed E-state index contributed by atoms with van der Waals surface area (Å²) in [5.41, 5.74) is 1.27. The Morgan fingerprint density at radius 2 is 1.87 bits per heavy atom. The van der Waals surface area contributed by atoms with Gasteiger partial charge in [0.25, 0.3) is 11.8 Å². The summed E-state index contributed by atoms with van der Waals surface area (Å²) in [6.45, 7) is 1.74. The Morgan fingerprint density at radius 1 is 1.10 bits per heavy atom. The second-order valence-corrected chi connectivity index (χ2v) is 9.27. The van der Waals surface area contributed by atoms with Gasteiger partial charge in [0, 0.05) is 5.69 Å². The highest BCUT2D eigenvalue weighted by Crippen LogP contribution is 2.35. The van der Waals surface area contributed by atoms with Gasteiger partial charge in [0.1, 0.15) is 11.5 Å². The Bertz CT molecular complexity index is 1430. The molecule has 1 fully saturated rings. The molecule has 2 N–H and O–H groups in total. The van der Waals surface area contributed by atoms with Crippen LogP contribution < -0.4 is 20.1 Å². The number of hydrogen-bond donors (Lipinski definition) is 2.